The number of nitrogens with zero attached hydrogens (tertiary/aromatic N) is 1. The third-order valence-electron chi connectivity index (χ3n) is 4.19. The third kappa shape index (κ3) is 11.2. The highest BCUT2D eigenvalue weighted by Gasteiger charge is 2.20. The molecule has 2 aromatic rings. The second-order valence-electron chi connectivity index (χ2n) is 9.99. The number of hydrogen-bond acceptors (Lipinski definition) is 6. The van der Waals surface area contributed by atoms with Crippen LogP contribution in [0.4, 0.5) is 21.0 Å². The van der Waals surface area contributed by atoms with E-state index in [2.05, 4.69) is 20.9 Å². The standard InChI is InChI=1S/C26H32N4O7/c1-25(2,3)36-23(34)29-22(30-24(35)37-26(4,5)6)28-19-13-9-17(10-14-19)21(33)27-18-11-7-16(8-12-18)15-20(31)32/h7-14H,15H2,1-6H3,(H,27,33)(H,31,32)(H2,28,29,30,34,35). The second kappa shape index (κ2) is 12.0. The van der Waals surface area contributed by atoms with Gasteiger partial charge in [-0.15, -0.1) is 4.99 Å². The molecule has 198 valence electrons. The van der Waals surface area contributed by atoms with Gasteiger partial charge in [-0.05, 0) is 83.5 Å². The molecule has 0 unspecified atom stereocenters. The number of carboxylic acid groups (broad SMARTS) is 1. The number of guanidine groups is 1. The van der Waals surface area contributed by atoms with Gasteiger partial charge < -0.3 is 25.2 Å². The Hall–Kier alpha value is -4.41. The molecular weight excluding hydrogens is 480 g/mol. The summed E-state index contributed by atoms with van der Waals surface area (Å²) in [6.45, 7) is 10.1. The topological polar surface area (TPSA) is 155 Å². The molecule has 2 aromatic carbocycles. The molecule has 0 spiro atoms. The number of amides is 3. The van der Waals surface area contributed by atoms with Crippen LogP contribution in [0.2, 0.25) is 0 Å². The number of ether oxygens (including phenoxy) is 2. The number of carbonyl (C=O) groups is 4. The van der Waals surface area contributed by atoms with Gasteiger partial charge in [-0.1, -0.05) is 12.1 Å². The fourth-order valence-electron chi connectivity index (χ4n) is 2.79. The van der Waals surface area contributed by atoms with Crippen molar-refractivity contribution in [2.75, 3.05) is 10.6 Å². The zero-order chi connectivity index (χ0) is 27.8. The molecule has 0 bridgehead atoms. The summed E-state index contributed by atoms with van der Waals surface area (Å²) >= 11 is 0. The molecule has 11 nitrogen and oxygen atoms in total. The van der Waals surface area contributed by atoms with Gasteiger partial charge in [-0.25, -0.2) is 9.59 Å². The molecule has 4 N–H and O–H groups in total. The number of nitrogens with one attached hydrogen (secondary N) is 3. The molecule has 11 heteroatoms. The Bertz CT molecular complexity index is 1160. The van der Waals surface area contributed by atoms with Gasteiger partial charge >= 0.3 is 18.2 Å². The lowest BCUT2D eigenvalue weighted by molar-refractivity contribution is -0.136. The average molecular weight is 513 g/mol. The van der Waals surface area contributed by atoms with Crippen molar-refractivity contribution < 1.29 is 33.8 Å². The van der Waals surface area contributed by atoms with Gasteiger partial charge in [0.05, 0.1) is 6.42 Å². The average Bonchev–Trinajstić information content (AvgIpc) is 2.72. The SMILES string of the molecule is CC(C)(C)OC(=O)/N=C(\NC(=O)OC(C)(C)C)Nc1ccc(C(=O)Nc2ccc(CC(=O)O)cc2)cc1. The van der Waals surface area contributed by atoms with Crippen molar-refractivity contribution in [1.82, 2.24) is 5.32 Å². The van der Waals surface area contributed by atoms with Crippen molar-refractivity contribution in [2.24, 2.45) is 4.99 Å². The quantitative estimate of drug-likeness (QED) is 0.329. The van der Waals surface area contributed by atoms with E-state index in [0.717, 1.165) is 0 Å². The number of aliphatic carboxylic acids is 1. The van der Waals surface area contributed by atoms with Crippen molar-refractivity contribution in [3.05, 3.63) is 59.7 Å². The lowest BCUT2D eigenvalue weighted by Gasteiger charge is -2.21. The molecule has 0 fully saturated rings. The first kappa shape index (κ1) is 28.8. The minimum Gasteiger partial charge on any atom is -0.481 e. The van der Waals surface area contributed by atoms with Gasteiger partial charge in [0.15, 0.2) is 0 Å². The number of anilines is 2. The summed E-state index contributed by atoms with van der Waals surface area (Å²) in [4.78, 5) is 51.6. The van der Waals surface area contributed by atoms with Crippen LogP contribution in [-0.2, 0) is 20.7 Å². The molecule has 0 aliphatic heterocycles. The molecule has 0 saturated heterocycles. The minimum atomic E-state index is -0.939. The molecule has 0 saturated carbocycles. The molecule has 0 aliphatic rings. The monoisotopic (exact) mass is 512 g/mol. The first-order valence-corrected chi connectivity index (χ1v) is 11.4. The van der Waals surface area contributed by atoms with Crippen molar-refractivity contribution in [2.45, 2.75) is 59.2 Å². The zero-order valence-electron chi connectivity index (χ0n) is 21.7. The summed E-state index contributed by atoms with van der Waals surface area (Å²) in [5.41, 5.74) is 0.328. The van der Waals surface area contributed by atoms with Gasteiger partial charge in [0.1, 0.15) is 11.2 Å². The van der Waals surface area contributed by atoms with Crippen LogP contribution >= 0.6 is 0 Å². The Balaban J connectivity index is 2.11. The molecule has 2 rings (SSSR count). The van der Waals surface area contributed by atoms with Crippen LogP contribution in [0.5, 0.6) is 0 Å². The predicted molar refractivity (Wildman–Crippen MR) is 139 cm³/mol. The number of aliphatic imine (C=N–C) groups is 1. The van der Waals surface area contributed by atoms with Gasteiger partial charge in [0.25, 0.3) is 5.91 Å². The van der Waals surface area contributed by atoms with Crippen molar-refractivity contribution in [3.8, 4) is 0 Å². The summed E-state index contributed by atoms with van der Waals surface area (Å²) in [6.07, 6.45) is -1.85. The molecule has 0 aromatic heterocycles. The van der Waals surface area contributed by atoms with E-state index in [9.17, 15) is 19.2 Å². The maximum absolute atomic E-state index is 12.6. The molecule has 37 heavy (non-hydrogen) atoms. The van der Waals surface area contributed by atoms with Crippen LogP contribution in [0.1, 0.15) is 57.5 Å². The largest absolute Gasteiger partial charge is 0.481 e. The minimum absolute atomic E-state index is 0.106. The summed E-state index contributed by atoms with van der Waals surface area (Å²) in [5, 5.41) is 16.8. The maximum Gasteiger partial charge on any atom is 0.437 e. The van der Waals surface area contributed by atoms with E-state index >= 15 is 0 Å². The Kier molecular flexibility index (Phi) is 9.36. The maximum atomic E-state index is 12.6. The number of carbonyl (C=O) groups excluding carboxylic acids is 3. The number of alkyl carbamates (subject to hydrolysis) is 1. The van der Waals surface area contributed by atoms with E-state index in [-0.39, 0.29) is 18.3 Å². The highest BCUT2D eigenvalue weighted by atomic mass is 16.6. The first-order valence-electron chi connectivity index (χ1n) is 11.4. The van der Waals surface area contributed by atoms with E-state index in [1.807, 2.05) is 0 Å². The van der Waals surface area contributed by atoms with E-state index in [4.69, 9.17) is 14.6 Å². The van der Waals surface area contributed by atoms with E-state index in [1.165, 1.54) is 12.1 Å². The normalized spacial score (nSPS) is 11.8. The number of rotatable bonds is 5. The summed E-state index contributed by atoms with van der Waals surface area (Å²) in [5.74, 6) is -1.54. The highest BCUT2D eigenvalue weighted by Crippen LogP contribution is 2.15. The Labute approximate surface area is 215 Å². The lowest BCUT2D eigenvalue weighted by atomic mass is 10.1. The Morgan fingerprint density at radius 1 is 0.784 bits per heavy atom. The molecular formula is C26H32N4O7. The second-order valence-corrected chi connectivity index (χ2v) is 9.99. The fraction of sp³-hybridized carbons (Fsp3) is 0.346. The van der Waals surface area contributed by atoms with Crippen LogP contribution in [0, 0.1) is 0 Å². The summed E-state index contributed by atoms with van der Waals surface area (Å²) in [6, 6.07) is 12.7. The Morgan fingerprint density at radius 3 is 1.81 bits per heavy atom. The van der Waals surface area contributed by atoms with Crippen LogP contribution < -0.4 is 16.0 Å². The number of hydrogen-bond donors (Lipinski definition) is 4. The molecule has 3 amide bonds. The van der Waals surface area contributed by atoms with Crippen LogP contribution in [0.25, 0.3) is 0 Å². The van der Waals surface area contributed by atoms with E-state index in [1.54, 1.807) is 77.9 Å². The zero-order valence-corrected chi connectivity index (χ0v) is 21.7. The van der Waals surface area contributed by atoms with E-state index < -0.39 is 29.4 Å². The van der Waals surface area contributed by atoms with Crippen molar-refractivity contribution in [3.63, 3.8) is 0 Å². The van der Waals surface area contributed by atoms with E-state index in [0.29, 0.717) is 22.5 Å². The fourth-order valence-corrected chi connectivity index (χ4v) is 2.79. The van der Waals surface area contributed by atoms with Crippen molar-refractivity contribution in [1.29, 1.82) is 0 Å². The number of carboxylic acids is 1. The first-order chi connectivity index (χ1) is 17.1. The van der Waals surface area contributed by atoms with Crippen LogP contribution in [-0.4, -0.2) is 46.3 Å². The molecule has 0 aliphatic carbocycles. The van der Waals surface area contributed by atoms with Crippen LogP contribution in [0.3, 0.4) is 0 Å². The van der Waals surface area contributed by atoms with Gasteiger partial charge in [-0.3, -0.25) is 14.9 Å². The van der Waals surface area contributed by atoms with Gasteiger partial charge in [0.2, 0.25) is 5.96 Å². The third-order valence-corrected chi connectivity index (χ3v) is 4.19. The van der Waals surface area contributed by atoms with Crippen LogP contribution in [0.15, 0.2) is 53.5 Å². The number of benzene rings is 2. The molecule has 0 heterocycles. The summed E-state index contributed by atoms with van der Waals surface area (Å²) in [7, 11) is 0. The summed E-state index contributed by atoms with van der Waals surface area (Å²) < 4.78 is 10.4. The van der Waals surface area contributed by atoms with Crippen molar-refractivity contribution >= 4 is 41.4 Å². The smallest absolute Gasteiger partial charge is 0.437 e. The molecule has 0 radical (unpaired) electrons. The Morgan fingerprint density at radius 2 is 1.30 bits per heavy atom. The van der Waals surface area contributed by atoms with Gasteiger partial charge in [-0.2, -0.15) is 0 Å². The lowest BCUT2D eigenvalue weighted by Crippen LogP contribution is -2.40. The highest BCUT2D eigenvalue weighted by molar-refractivity contribution is 6.07. The molecule has 0 atom stereocenters. The van der Waals surface area contributed by atoms with Gasteiger partial charge in [0, 0.05) is 16.9 Å². The predicted octanol–water partition coefficient (Wildman–Crippen LogP) is 4.79.